The third-order valence-electron chi connectivity index (χ3n) is 3.79. The maximum Gasteiger partial charge on any atom is 0.192 e. The molecular formula is C18H25NO2. The molecule has 0 aliphatic carbocycles. The van der Waals surface area contributed by atoms with Gasteiger partial charge in [0.15, 0.2) is 17.3 Å². The molecule has 1 aromatic heterocycles. The summed E-state index contributed by atoms with van der Waals surface area (Å²) in [6, 6.07) is 5.56. The van der Waals surface area contributed by atoms with Gasteiger partial charge in [-0.25, -0.2) is 4.98 Å². The van der Waals surface area contributed by atoms with Crippen LogP contribution in [0.15, 0.2) is 22.6 Å². The lowest BCUT2D eigenvalue weighted by Crippen LogP contribution is -2.11. The minimum absolute atomic E-state index is 0.219. The SMILES string of the molecule is CCCC(CC(=O)c1ccc2oc(C)nc2c1)CC(C)C. The molecule has 0 aliphatic heterocycles. The fourth-order valence-electron chi connectivity index (χ4n) is 2.97. The van der Waals surface area contributed by atoms with Crippen molar-refractivity contribution in [3.63, 3.8) is 0 Å². The van der Waals surface area contributed by atoms with Crippen LogP contribution in [-0.2, 0) is 0 Å². The van der Waals surface area contributed by atoms with Crippen LogP contribution < -0.4 is 0 Å². The molecule has 3 nitrogen and oxygen atoms in total. The van der Waals surface area contributed by atoms with Crippen LogP contribution in [0.5, 0.6) is 0 Å². The molecule has 21 heavy (non-hydrogen) atoms. The molecule has 0 bridgehead atoms. The van der Waals surface area contributed by atoms with E-state index in [9.17, 15) is 4.79 Å². The molecule has 1 atom stereocenters. The monoisotopic (exact) mass is 287 g/mol. The van der Waals surface area contributed by atoms with Crippen molar-refractivity contribution in [3.05, 3.63) is 29.7 Å². The first-order valence-electron chi connectivity index (χ1n) is 7.90. The molecular weight excluding hydrogens is 262 g/mol. The summed E-state index contributed by atoms with van der Waals surface area (Å²) in [6.07, 6.45) is 4.00. The molecule has 3 heteroatoms. The van der Waals surface area contributed by atoms with Crippen molar-refractivity contribution in [2.75, 3.05) is 0 Å². The molecule has 2 aromatic rings. The number of rotatable bonds is 7. The van der Waals surface area contributed by atoms with E-state index >= 15 is 0 Å². The number of ketones is 1. The molecule has 1 heterocycles. The van der Waals surface area contributed by atoms with Crippen LogP contribution in [-0.4, -0.2) is 10.8 Å². The molecule has 0 saturated carbocycles. The molecule has 2 rings (SSSR count). The zero-order valence-corrected chi connectivity index (χ0v) is 13.5. The Balaban J connectivity index is 2.12. The molecule has 0 N–H and O–H groups in total. The summed E-state index contributed by atoms with van der Waals surface area (Å²) in [4.78, 5) is 16.8. The van der Waals surface area contributed by atoms with E-state index in [-0.39, 0.29) is 5.78 Å². The fourth-order valence-corrected chi connectivity index (χ4v) is 2.97. The average molecular weight is 287 g/mol. The van der Waals surface area contributed by atoms with E-state index in [0.717, 1.165) is 35.9 Å². The van der Waals surface area contributed by atoms with Gasteiger partial charge in [-0.3, -0.25) is 4.79 Å². The summed E-state index contributed by atoms with van der Waals surface area (Å²) in [5.41, 5.74) is 2.27. The van der Waals surface area contributed by atoms with Crippen molar-refractivity contribution in [2.45, 2.75) is 53.4 Å². The van der Waals surface area contributed by atoms with E-state index in [4.69, 9.17) is 4.42 Å². The number of aryl methyl sites for hydroxylation is 1. The minimum atomic E-state index is 0.219. The van der Waals surface area contributed by atoms with Gasteiger partial charge in [0.25, 0.3) is 0 Å². The van der Waals surface area contributed by atoms with E-state index in [1.807, 2.05) is 25.1 Å². The Bertz CT molecular complexity index is 613. The Labute approximate surface area is 126 Å². The Morgan fingerprint density at radius 2 is 2.10 bits per heavy atom. The number of aromatic nitrogens is 1. The van der Waals surface area contributed by atoms with Gasteiger partial charge in [0.1, 0.15) is 5.52 Å². The lowest BCUT2D eigenvalue weighted by Gasteiger charge is -2.17. The van der Waals surface area contributed by atoms with Crippen molar-refractivity contribution in [2.24, 2.45) is 11.8 Å². The summed E-state index contributed by atoms with van der Waals surface area (Å²) in [5.74, 6) is 1.97. The number of carbonyl (C=O) groups excluding carboxylic acids is 1. The summed E-state index contributed by atoms with van der Waals surface area (Å²) in [7, 11) is 0. The van der Waals surface area contributed by atoms with E-state index in [1.54, 1.807) is 0 Å². The lowest BCUT2D eigenvalue weighted by atomic mass is 9.87. The van der Waals surface area contributed by atoms with Crippen LogP contribution in [0.2, 0.25) is 0 Å². The van der Waals surface area contributed by atoms with E-state index in [0.29, 0.717) is 24.1 Å². The Morgan fingerprint density at radius 1 is 1.33 bits per heavy atom. The van der Waals surface area contributed by atoms with Gasteiger partial charge in [-0.05, 0) is 36.5 Å². The number of hydrogen-bond donors (Lipinski definition) is 0. The van der Waals surface area contributed by atoms with Gasteiger partial charge in [0, 0.05) is 18.9 Å². The van der Waals surface area contributed by atoms with Crippen LogP contribution in [0.3, 0.4) is 0 Å². The van der Waals surface area contributed by atoms with Gasteiger partial charge < -0.3 is 4.42 Å². The normalized spacial score (nSPS) is 13.0. The second-order valence-corrected chi connectivity index (χ2v) is 6.33. The first-order chi connectivity index (χ1) is 9.99. The quantitative estimate of drug-likeness (QED) is 0.660. The number of hydrogen-bond acceptors (Lipinski definition) is 3. The van der Waals surface area contributed by atoms with Crippen LogP contribution >= 0.6 is 0 Å². The zero-order chi connectivity index (χ0) is 15.4. The maximum absolute atomic E-state index is 12.5. The minimum Gasteiger partial charge on any atom is -0.441 e. The number of nitrogens with zero attached hydrogens (tertiary/aromatic N) is 1. The molecule has 114 valence electrons. The zero-order valence-electron chi connectivity index (χ0n) is 13.5. The standard InChI is InChI=1S/C18H25NO2/c1-5-6-14(9-12(2)3)10-17(20)15-7-8-18-16(11-15)19-13(4)21-18/h7-8,11-12,14H,5-6,9-10H2,1-4H3. The van der Waals surface area contributed by atoms with Crippen LogP contribution in [0, 0.1) is 18.8 Å². The fraction of sp³-hybridized carbons (Fsp3) is 0.556. The summed E-state index contributed by atoms with van der Waals surface area (Å²) < 4.78 is 5.45. The number of oxazole rings is 1. The highest BCUT2D eigenvalue weighted by Gasteiger charge is 2.17. The van der Waals surface area contributed by atoms with Crippen molar-refractivity contribution in [3.8, 4) is 0 Å². The number of fused-ring (bicyclic) bond motifs is 1. The van der Waals surface area contributed by atoms with Gasteiger partial charge in [0.2, 0.25) is 0 Å². The molecule has 0 radical (unpaired) electrons. The van der Waals surface area contributed by atoms with Gasteiger partial charge in [0.05, 0.1) is 0 Å². The Morgan fingerprint density at radius 3 is 2.76 bits per heavy atom. The highest BCUT2D eigenvalue weighted by molar-refractivity contribution is 5.98. The van der Waals surface area contributed by atoms with Crippen molar-refractivity contribution < 1.29 is 9.21 Å². The number of carbonyl (C=O) groups is 1. The highest BCUT2D eigenvalue weighted by atomic mass is 16.3. The smallest absolute Gasteiger partial charge is 0.192 e. The predicted octanol–water partition coefficient (Wildman–Crippen LogP) is 5.17. The largest absolute Gasteiger partial charge is 0.441 e. The molecule has 1 unspecified atom stereocenters. The van der Waals surface area contributed by atoms with Crippen LogP contribution in [0.25, 0.3) is 11.1 Å². The molecule has 0 aliphatic rings. The second-order valence-electron chi connectivity index (χ2n) is 6.33. The number of Topliss-reactive ketones (excluding diaryl/α,β-unsaturated/α-hetero) is 1. The van der Waals surface area contributed by atoms with Gasteiger partial charge in [-0.2, -0.15) is 0 Å². The summed E-state index contributed by atoms with van der Waals surface area (Å²) in [6.45, 7) is 8.44. The molecule has 0 fully saturated rings. The topological polar surface area (TPSA) is 43.1 Å². The third kappa shape index (κ3) is 4.16. The van der Waals surface area contributed by atoms with Gasteiger partial charge in [-0.1, -0.05) is 33.6 Å². The molecule has 0 amide bonds. The molecule has 0 spiro atoms. The van der Waals surface area contributed by atoms with Gasteiger partial charge >= 0.3 is 0 Å². The van der Waals surface area contributed by atoms with E-state index < -0.39 is 0 Å². The van der Waals surface area contributed by atoms with Crippen LogP contribution in [0.4, 0.5) is 0 Å². The lowest BCUT2D eigenvalue weighted by molar-refractivity contribution is 0.0953. The van der Waals surface area contributed by atoms with E-state index in [2.05, 4.69) is 25.8 Å². The summed E-state index contributed by atoms with van der Waals surface area (Å²) in [5, 5.41) is 0. The average Bonchev–Trinajstić information content (AvgIpc) is 2.77. The molecule has 0 saturated heterocycles. The first-order valence-corrected chi connectivity index (χ1v) is 7.90. The third-order valence-corrected chi connectivity index (χ3v) is 3.79. The van der Waals surface area contributed by atoms with Gasteiger partial charge in [-0.15, -0.1) is 0 Å². The summed E-state index contributed by atoms with van der Waals surface area (Å²) >= 11 is 0. The maximum atomic E-state index is 12.5. The second kappa shape index (κ2) is 6.88. The van der Waals surface area contributed by atoms with Crippen LogP contribution in [0.1, 0.15) is 62.7 Å². The Kier molecular flexibility index (Phi) is 5.16. The first kappa shape index (κ1) is 15.7. The highest BCUT2D eigenvalue weighted by Crippen LogP contribution is 2.24. The van der Waals surface area contributed by atoms with E-state index in [1.165, 1.54) is 0 Å². The predicted molar refractivity (Wildman–Crippen MR) is 85.5 cm³/mol. The van der Waals surface area contributed by atoms with Crippen molar-refractivity contribution in [1.29, 1.82) is 0 Å². The number of benzene rings is 1. The van der Waals surface area contributed by atoms with Crippen molar-refractivity contribution in [1.82, 2.24) is 4.98 Å². The Hall–Kier alpha value is -1.64. The molecule has 1 aromatic carbocycles. The van der Waals surface area contributed by atoms with Crippen molar-refractivity contribution >= 4 is 16.9 Å².